The molecule has 1 aliphatic heterocycles. The summed E-state index contributed by atoms with van der Waals surface area (Å²) in [4.78, 5) is 3.57. The third kappa shape index (κ3) is 3.74. The molecular weight excluding hydrogens is 278 g/mol. The van der Waals surface area contributed by atoms with E-state index in [0.717, 1.165) is 19.5 Å². The number of benzene rings is 1. The fraction of sp³-hybridized carbons (Fsp3) is 0.571. The lowest BCUT2D eigenvalue weighted by Crippen LogP contribution is -2.35. The average molecular weight is 299 g/mol. The maximum atomic E-state index is 11.6. The van der Waals surface area contributed by atoms with Crippen LogP contribution in [0.25, 0.3) is 0 Å². The van der Waals surface area contributed by atoms with Crippen LogP contribution in [-0.2, 0) is 16.4 Å². The summed E-state index contributed by atoms with van der Waals surface area (Å²) in [5.74, 6) is 0.667. The molecule has 5 heteroatoms. The highest BCUT2D eigenvalue weighted by Crippen LogP contribution is 2.24. The van der Waals surface area contributed by atoms with Gasteiger partial charge in [-0.2, -0.15) is 0 Å². The maximum Gasteiger partial charge on any atom is 0.151 e. The second-order valence-electron chi connectivity index (χ2n) is 4.93. The molecule has 1 atom stereocenters. The lowest BCUT2D eigenvalue weighted by molar-refractivity contribution is 0.213. The van der Waals surface area contributed by atoms with Crippen LogP contribution in [0.2, 0.25) is 0 Å². The molecule has 1 aliphatic rings. The lowest BCUT2D eigenvalue weighted by Gasteiger charge is -2.27. The summed E-state index contributed by atoms with van der Waals surface area (Å²) in [6.45, 7) is 3.84. The monoisotopic (exact) mass is 299 g/mol. The van der Waals surface area contributed by atoms with Crippen molar-refractivity contribution in [1.82, 2.24) is 4.90 Å². The predicted molar refractivity (Wildman–Crippen MR) is 81.4 cm³/mol. The minimum Gasteiger partial charge on any atom is -0.295 e. The number of rotatable bonds is 5. The largest absolute Gasteiger partial charge is 0.295 e. The molecule has 0 amide bonds. The molecule has 0 aliphatic carbocycles. The summed E-state index contributed by atoms with van der Waals surface area (Å²) in [7, 11) is -2.81. The zero-order chi connectivity index (χ0) is 13.9. The molecule has 0 radical (unpaired) electrons. The molecule has 0 spiro atoms. The molecule has 1 fully saturated rings. The van der Waals surface area contributed by atoms with Crippen LogP contribution in [0.15, 0.2) is 29.2 Å². The van der Waals surface area contributed by atoms with Gasteiger partial charge in [-0.3, -0.25) is 4.90 Å². The SMILES string of the molecule is CCN(Cc1ccccc1SC)C1CCS(=O)(=O)C1. The Balaban J connectivity index is 2.11. The van der Waals surface area contributed by atoms with Gasteiger partial charge in [-0.15, -0.1) is 11.8 Å². The summed E-state index contributed by atoms with van der Waals surface area (Å²) >= 11 is 1.75. The van der Waals surface area contributed by atoms with Crippen molar-refractivity contribution in [1.29, 1.82) is 0 Å². The van der Waals surface area contributed by atoms with Crippen molar-refractivity contribution in [3.63, 3.8) is 0 Å². The molecular formula is C14H21NO2S2. The van der Waals surface area contributed by atoms with Crippen LogP contribution in [0.5, 0.6) is 0 Å². The number of nitrogens with zero attached hydrogens (tertiary/aromatic N) is 1. The molecule has 106 valence electrons. The van der Waals surface area contributed by atoms with Crippen molar-refractivity contribution in [3.05, 3.63) is 29.8 Å². The highest BCUT2D eigenvalue weighted by molar-refractivity contribution is 7.98. The molecule has 0 N–H and O–H groups in total. The predicted octanol–water partition coefficient (Wildman–Crippen LogP) is 2.42. The van der Waals surface area contributed by atoms with Gasteiger partial charge in [-0.25, -0.2) is 8.42 Å². The van der Waals surface area contributed by atoms with E-state index in [1.54, 1.807) is 11.8 Å². The number of thioether (sulfide) groups is 1. The molecule has 1 aromatic carbocycles. The highest BCUT2D eigenvalue weighted by Gasteiger charge is 2.31. The van der Waals surface area contributed by atoms with E-state index in [1.165, 1.54) is 10.5 Å². The topological polar surface area (TPSA) is 37.4 Å². The Hall–Kier alpha value is -0.520. The Morgan fingerprint density at radius 1 is 1.37 bits per heavy atom. The minimum absolute atomic E-state index is 0.185. The van der Waals surface area contributed by atoms with Crippen LogP contribution in [0, 0.1) is 0 Å². The lowest BCUT2D eigenvalue weighted by atomic mass is 10.1. The van der Waals surface area contributed by atoms with E-state index in [2.05, 4.69) is 30.2 Å². The summed E-state index contributed by atoms with van der Waals surface area (Å²) in [5.41, 5.74) is 1.29. The second kappa shape index (κ2) is 6.29. The van der Waals surface area contributed by atoms with Crippen LogP contribution >= 0.6 is 11.8 Å². The number of sulfone groups is 1. The second-order valence-corrected chi connectivity index (χ2v) is 8.01. The van der Waals surface area contributed by atoms with Gasteiger partial charge >= 0.3 is 0 Å². The first-order valence-electron chi connectivity index (χ1n) is 6.62. The van der Waals surface area contributed by atoms with Crippen molar-refractivity contribution in [2.75, 3.05) is 24.3 Å². The first kappa shape index (κ1) is 14.9. The van der Waals surface area contributed by atoms with Gasteiger partial charge < -0.3 is 0 Å². The van der Waals surface area contributed by atoms with Crippen molar-refractivity contribution in [3.8, 4) is 0 Å². The highest BCUT2D eigenvalue weighted by atomic mass is 32.2. The smallest absolute Gasteiger partial charge is 0.151 e. The van der Waals surface area contributed by atoms with Crippen LogP contribution < -0.4 is 0 Å². The minimum atomic E-state index is -2.81. The molecule has 0 saturated carbocycles. The third-order valence-corrected chi connectivity index (χ3v) is 6.29. The van der Waals surface area contributed by atoms with Crippen LogP contribution in [0.4, 0.5) is 0 Å². The molecule has 19 heavy (non-hydrogen) atoms. The van der Waals surface area contributed by atoms with E-state index < -0.39 is 9.84 Å². The van der Waals surface area contributed by atoms with Crippen molar-refractivity contribution < 1.29 is 8.42 Å². The standard InChI is InChI=1S/C14H21NO2S2/c1-3-15(13-8-9-19(16,17)11-13)10-12-6-4-5-7-14(12)18-2/h4-7,13H,3,8-11H2,1-2H3. The quantitative estimate of drug-likeness (QED) is 0.783. The Kier molecular flexibility index (Phi) is 4.92. The zero-order valence-electron chi connectivity index (χ0n) is 11.5. The first-order valence-corrected chi connectivity index (χ1v) is 9.66. The molecule has 1 aromatic rings. The van der Waals surface area contributed by atoms with Gasteiger partial charge in [-0.1, -0.05) is 25.1 Å². The van der Waals surface area contributed by atoms with E-state index in [0.29, 0.717) is 11.5 Å². The zero-order valence-corrected chi connectivity index (χ0v) is 13.1. The van der Waals surface area contributed by atoms with Gasteiger partial charge in [0, 0.05) is 17.5 Å². The van der Waals surface area contributed by atoms with Gasteiger partial charge in [0.25, 0.3) is 0 Å². The van der Waals surface area contributed by atoms with Crippen LogP contribution in [0.1, 0.15) is 18.9 Å². The Morgan fingerprint density at radius 3 is 2.68 bits per heavy atom. The Bertz CT molecular complexity index is 528. The number of hydrogen-bond donors (Lipinski definition) is 0. The molecule has 1 heterocycles. The molecule has 0 bridgehead atoms. The van der Waals surface area contributed by atoms with E-state index in [1.807, 2.05) is 12.1 Å². The van der Waals surface area contributed by atoms with E-state index >= 15 is 0 Å². The fourth-order valence-corrected chi connectivity index (χ4v) is 4.99. The molecule has 1 unspecified atom stereocenters. The Morgan fingerprint density at radius 2 is 2.11 bits per heavy atom. The first-order chi connectivity index (χ1) is 9.05. The summed E-state index contributed by atoms with van der Waals surface area (Å²) in [6.07, 6.45) is 2.85. The summed E-state index contributed by atoms with van der Waals surface area (Å²) in [5, 5.41) is 0. The number of hydrogen-bond acceptors (Lipinski definition) is 4. The summed E-state index contributed by atoms with van der Waals surface area (Å²) in [6, 6.07) is 8.54. The van der Waals surface area contributed by atoms with Crippen molar-refractivity contribution in [2.45, 2.75) is 30.8 Å². The van der Waals surface area contributed by atoms with Crippen LogP contribution in [-0.4, -0.2) is 43.7 Å². The summed E-state index contributed by atoms with van der Waals surface area (Å²) < 4.78 is 23.2. The molecule has 2 rings (SSSR count). The molecule has 3 nitrogen and oxygen atoms in total. The van der Waals surface area contributed by atoms with Gasteiger partial charge in [0.05, 0.1) is 11.5 Å². The normalized spacial score (nSPS) is 21.9. The van der Waals surface area contributed by atoms with Gasteiger partial charge in [0.2, 0.25) is 0 Å². The van der Waals surface area contributed by atoms with Gasteiger partial charge in [-0.05, 0) is 30.9 Å². The van der Waals surface area contributed by atoms with Crippen molar-refractivity contribution in [2.24, 2.45) is 0 Å². The van der Waals surface area contributed by atoms with E-state index in [9.17, 15) is 8.42 Å². The van der Waals surface area contributed by atoms with Gasteiger partial charge in [0.1, 0.15) is 0 Å². The van der Waals surface area contributed by atoms with E-state index in [-0.39, 0.29) is 6.04 Å². The van der Waals surface area contributed by atoms with Crippen LogP contribution in [0.3, 0.4) is 0 Å². The molecule has 1 saturated heterocycles. The molecule has 0 aromatic heterocycles. The van der Waals surface area contributed by atoms with Crippen molar-refractivity contribution >= 4 is 21.6 Å². The van der Waals surface area contributed by atoms with E-state index in [4.69, 9.17) is 0 Å². The fourth-order valence-electron chi connectivity index (χ4n) is 2.61. The third-order valence-electron chi connectivity index (χ3n) is 3.70. The van der Waals surface area contributed by atoms with Gasteiger partial charge in [0.15, 0.2) is 9.84 Å². The average Bonchev–Trinajstić information content (AvgIpc) is 2.76. The maximum absolute atomic E-state index is 11.6. The Labute approximate surface area is 120 Å².